The molecule has 1 aromatic rings. The van der Waals surface area contributed by atoms with Crippen LogP contribution in [0.1, 0.15) is 0 Å². The Kier molecular flexibility index (Phi) is 3.29. The summed E-state index contributed by atoms with van der Waals surface area (Å²) in [7, 11) is 2.51. The molecule has 16 heavy (non-hydrogen) atoms. The number of anilines is 1. The van der Waals surface area contributed by atoms with E-state index in [2.05, 4.69) is 0 Å². The molecule has 0 aliphatic rings. The summed E-state index contributed by atoms with van der Waals surface area (Å²) in [6.45, 7) is 0. The van der Waals surface area contributed by atoms with Crippen LogP contribution >= 0.6 is 0 Å². The SMILES string of the molecule is COc1cccc(N(C)C(=O)O)c1[N+](=O)[O-]. The van der Waals surface area contributed by atoms with E-state index in [9.17, 15) is 14.9 Å². The van der Waals surface area contributed by atoms with Crippen LogP contribution in [0.5, 0.6) is 5.75 Å². The number of ether oxygens (including phenoxy) is 1. The Hall–Kier alpha value is -2.31. The number of carbonyl (C=O) groups is 1. The molecule has 0 fully saturated rings. The zero-order valence-corrected chi connectivity index (χ0v) is 8.71. The van der Waals surface area contributed by atoms with Crippen molar-refractivity contribution in [2.45, 2.75) is 0 Å². The first-order valence-electron chi connectivity index (χ1n) is 4.27. The van der Waals surface area contributed by atoms with Crippen molar-refractivity contribution in [3.05, 3.63) is 28.3 Å². The predicted octanol–water partition coefficient (Wildman–Crippen LogP) is 1.72. The zero-order valence-electron chi connectivity index (χ0n) is 8.71. The van der Waals surface area contributed by atoms with Crippen LogP contribution in [-0.2, 0) is 0 Å². The number of amides is 1. The van der Waals surface area contributed by atoms with Crippen molar-refractivity contribution in [1.82, 2.24) is 0 Å². The molecule has 0 heterocycles. The van der Waals surface area contributed by atoms with E-state index in [1.165, 1.54) is 32.4 Å². The average Bonchev–Trinajstić information content (AvgIpc) is 2.26. The van der Waals surface area contributed by atoms with Gasteiger partial charge < -0.3 is 9.84 Å². The van der Waals surface area contributed by atoms with E-state index in [0.717, 1.165) is 4.90 Å². The summed E-state index contributed by atoms with van der Waals surface area (Å²) in [5.74, 6) is 0.0237. The lowest BCUT2D eigenvalue weighted by molar-refractivity contribution is -0.385. The van der Waals surface area contributed by atoms with Crippen LogP contribution < -0.4 is 9.64 Å². The topological polar surface area (TPSA) is 92.9 Å². The molecular formula is C9H10N2O5. The number of rotatable bonds is 3. The standard InChI is InChI=1S/C9H10N2O5/c1-10(9(12)13)6-4-3-5-7(16-2)8(6)11(14)15/h3-5H,1-2H3,(H,12,13). The van der Waals surface area contributed by atoms with Crippen molar-refractivity contribution in [3.63, 3.8) is 0 Å². The quantitative estimate of drug-likeness (QED) is 0.625. The van der Waals surface area contributed by atoms with E-state index in [0.29, 0.717) is 0 Å². The maximum absolute atomic E-state index is 10.8. The Labute approximate surface area is 91.0 Å². The second-order valence-electron chi connectivity index (χ2n) is 2.93. The lowest BCUT2D eigenvalue weighted by Crippen LogP contribution is -2.24. The third-order valence-corrected chi connectivity index (χ3v) is 2.03. The fourth-order valence-corrected chi connectivity index (χ4v) is 1.23. The van der Waals surface area contributed by atoms with E-state index in [1.54, 1.807) is 0 Å². The highest BCUT2D eigenvalue weighted by Crippen LogP contribution is 2.36. The maximum atomic E-state index is 10.8. The fourth-order valence-electron chi connectivity index (χ4n) is 1.23. The Morgan fingerprint density at radius 3 is 2.62 bits per heavy atom. The minimum Gasteiger partial charge on any atom is -0.490 e. The molecule has 0 aliphatic heterocycles. The van der Waals surface area contributed by atoms with Crippen LogP contribution in [-0.4, -0.2) is 30.3 Å². The Morgan fingerprint density at radius 2 is 2.19 bits per heavy atom. The molecular weight excluding hydrogens is 216 g/mol. The molecule has 7 heteroatoms. The number of hydrogen-bond donors (Lipinski definition) is 1. The summed E-state index contributed by atoms with van der Waals surface area (Å²) in [5, 5.41) is 19.6. The number of para-hydroxylation sites is 1. The molecule has 86 valence electrons. The van der Waals surface area contributed by atoms with Crippen molar-refractivity contribution < 1.29 is 19.6 Å². The summed E-state index contributed by atoms with van der Waals surface area (Å²) in [6.07, 6.45) is -1.28. The van der Waals surface area contributed by atoms with Gasteiger partial charge in [-0.2, -0.15) is 0 Å². The molecule has 0 unspecified atom stereocenters. The van der Waals surface area contributed by atoms with Gasteiger partial charge in [-0.1, -0.05) is 6.07 Å². The van der Waals surface area contributed by atoms with Gasteiger partial charge in [0.25, 0.3) is 0 Å². The zero-order chi connectivity index (χ0) is 12.3. The fraction of sp³-hybridized carbons (Fsp3) is 0.222. The monoisotopic (exact) mass is 226 g/mol. The van der Waals surface area contributed by atoms with Crippen molar-refractivity contribution in [2.24, 2.45) is 0 Å². The minimum absolute atomic E-state index is 0.0237. The molecule has 0 spiro atoms. The smallest absolute Gasteiger partial charge is 0.411 e. The molecule has 0 saturated heterocycles. The van der Waals surface area contributed by atoms with Gasteiger partial charge in [0, 0.05) is 7.05 Å². The lowest BCUT2D eigenvalue weighted by atomic mass is 10.2. The highest BCUT2D eigenvalue weighted by molar-refractivity contribution is 5.89. The molecule has 1 N–H and O–H groups in total. The van der Waals surface area contributed by atoms with Gasteiger partial charge in [-0.15, -0.1) is 0 Å². The molecule has 0 bridgehead atoms. The summed E-state index contributed by atoms with van der Waals surface area (Å²) in [4.78, 5) is 21.7. The summed E-state index contributed by atoms with van der Waals surface area (Å²) in [6, 6.07) is 4.23. The third-order valence-electron chi connectivity index (χ3n) is 2.03. The van der Waals surface area contributed by atoms with Crippen molar-refractivity contribution in [1.29, 1.82) is 0 Å². The minimum atomic E-state index is -1.28. The van der Waals surface area contributed by atoms with E-state index < -0.39 is 11.0 Å². The van der Waals surface area contributed by atoms with Gasteiger partial charge in [0.2, 0.25) is 0 Å². The number of nitro groups is 1. The van der Waals surface area contributed by atoms with Crippen LogP contribution in [0.15, 0.2) is 18.2 Å². The van der Waals surface area contributed by atoms with Gasteiger partial charge >= 0.3 is 11.8 Å². The Balaban J connectivity index is 3.38. The molecule has 1 aromatic carbocycles. The number of benzene rings is 1. The second kappa shape index (κ2) is 4.47. The lowest BCUT2D eigenvalue weighted by Gasteiger charge is -2.14. The van der Waals surface area contributed by atoms with E-state index in [1.807, 2.05) is 0 Å². The second-order valence-corrected chi connectivity index (χ2v) is 2.93. The van der Waals surface area contributed by atoms with Crippen molar-refractivity contribution >= 4 is 17.5 Å². The molecule has 0 aliphatic carbocycles. The summed E-state index contributed by atoms with van der Waals surface area (Å²) >= 11 is 0. The molecule has 7 nitrogen and oxygen atoms in total. The molecule has 0 saturated carbocycles. The first kappa shape index (κ1) is 11.8. The van der Waals surface area contributed by atoms with Gasteiger partial charge in [-0.3, -0.25) is 15.0 Å². The van der Waals surface area contributed by atoms with E-state index in [-0.39, 0.29) is 17.1 Å². The van der Waals surface area contributed by atoms with Crippen LogP contribution in [0, 0.1) is 10.1 Å². The average molecular weight is 226 g/mol. The third kappa shape index (κ3) is 2.02. The highest BCUT2D eigenvalue weighted by Gasteiger charge is 2.25. The molecule has 0 aromatic heterocycles. The van der Waals surface area contributed by atoms with Crippen molar-refractivity contribution in [3.8, 4) is 5.75 Å². The highest BCUT2D eigenvalue weighted by atomic mass is 16.6. The first-order chi connectivity index (χ1) is 7.49. The first-order valence-corrected chi connectivity index (χ1v) is 4.27. The van der Waals surface area contributed by atoms with Crippen molar-refractivity contribution in [2.75, 3.05) is 19.1 Å². The van der Waals surface area contributed by atoms with E-state index >= 15 is 0 Å². The summed E-state index contributed by atoms with van der Waals surface area (Å²) in [5.41, 5.74) is -0.397. The number of hydrogen-bond acceptors (Lipinski definition) is 4. The van der Waals surface area contributed by atoms with Gasteiger partial charge in [-0.05, 0) is 12.1 Å². The van der Waals surface area contributed by atoms with Gasteiger partial charge in [-0.25, -0.2) is 4.79 Å². The van der Waals surface area contributed by atoms with Crippen LogP contribution in [0.25, 0.3) is 0 Å². The summed E-state index contributed by atoms with van der Waals surface area (Å²) < 4.78 is 4.82. The molecule has 0 radical (unpaired) electrons. The normalized spacial score (nSPS) is 9.62. The number of methoxy groups -OCH3 is 1. The Morgan fingerprint density at radius 1 is 1.56 bits per heavy atom. The number of nitrogens with zero attached hydrogens (tertiary/aromatic N) is 2. The molecule has 0 atom stereocenters. The maximum Gasteiger partial charge on any atom is 0.411 e. The Bertz CT molecular complexity index is 432. The molecule has 1 rings (SSSR count). The number of carboxylic acid groups (broad SMARTS) is 1. The van der Waals surface area contributed by atoms with Crippen LogP contribution in [0.4, 0.5) is 16.2 Å². The predicted molar refractivity (Wildman–Crippen MR) is 56.1 cm³/mol. The number of nitro benzene ring substituents is 1. The van der Waals surface area contributed by atoms with Crippen LogP contribution in [0.2, 0.25) is 0 Å². The van der Waals surface area contributed by atoms with Crippen LogP contribution in [0.3, 0.4) is 0 Å². The van der Waals surface area contributed by atoms with Gasteiger partial charge in [0.1, 0.15) is 5.69 Å². The van der Waals surface area contributed by atoms with Gasteiger partial charge in [0.05, 0.1) is 12.0 Å². The molecule has 1 amide bonds. The largest absolute Gasteiger partial charge is 0.490 e. The van der Waals surface area contributed by atoms with Gasteiger partial charge in [0.15, 0.2) is 5.75 Å². The van der Waals surface area contributed by atoms with E-state index in [4.69, 9.17) is 9.84 Å².